The molecular weight excluding hydrogens is 350 g/mol. The number of benzene rings is 2. The Morgan fingerprint density at radius 3 is 2.04 bits per heavy atom. The molecule has 0 aliphatic heterocycles. The Morgan fingerprint density at radius 1 is 0.885 bits per heavy atom. The third-order valence-corrected chi connectivity index (χ3v) is 5.13. The van der Waals surface area contributed by atoms with E-state index in [4.69, 9.17) is 0 Å². The Morgan fingerprint density at radius 2 is 1.46 bits per heavy atom. The number of rotatable bonds is 9. The van der Waals surface area contributed by atoms with E-state index >= 15 is 0 Å². The first-order valence-corrected chi connectivity index (χ1v) is 10.1. The van der Waals surface area contributed by atoms with Crippen molar-refractivity contribution in [1.82, 2.24) is 0 Å². The predicted octanol–water partition coefficient (Wildman–Crippen LogP) is 4.05. The topological polar surface area (TPSA) is 87.3 Å². The van der Waals surface area contributed by atoms with E-state index in [-0.39, 0.29) is 10.8 Å². The highest BCUT2D eigenvalue weighted by atomic mass is 32.2. The SMILES string of the molecule is CCCCCNc1ccc(NS(=O)(=O)c2ccc(NC(C)=O)cc2)cc1. The van der Waals surface area contributed by atoms with Gasteiger partial charge < -0.3 is 10.6 Å². The van der Waals surface area contributed by atoms with Gasteiger partial charge in [-0.15, -0.1) is 0 Å². The van der Waals surface area contributed by atoms with E-state index in [0.29, 0.717) is 11.4 Å². The zero-order valence-electron chi connectivity index (χ0n) is 15.1. The maximum absolute atomic E-state index is 12.4. The van der Waals surface area contributed by atoms with Crippen molar-refractivity contribution in [2.75, 3.05) is 21.9 Å². The molecule has 0 heterocycles. The van der Waals surface area contributed by atoms with Gasteiger partial charge in [-0.2, -0.15) is 0 Å². The Balaban J connectivity index is 1.98. The normalized spacial score (nSPS) is 11.0. The van der Waals surface area contributed by atoms with Crippen molar-refractivity contribution in [2.45, 2.75) is 38.0 Å². The minimum atomic E-state index is -3.68. The van der Waals surface area contributed by atoms with Crippen LogP contribution in [-0.4, -0.2) is 20.9 Å². The number of sulfonamides is 1. The molecule has 0 unspecified atom stereocenters. The molecule has 6 nitrogen and oxygen atoms in total. The first-order valence-electron chi connectivity index (χ1n) is 8.65. The van der Waals surface area contributed by atoms with Crippen LogP contribution in [0.25, 0.3) is 0 Å². The first-order chi connectivity index (χ1) is 12.4. The van der Waals surface area contributed by atoms with Gasteiger partial charge in [0.15, 0.2) is 0 Å². The highest BCUT2D eigenvalue weighted by Crippen LogP contribution is 2.20. The van der Waals surface area contributed by atoms with Crippen LogP contribution in [-0.2, 0) is 14.8 Å². The lowest BCUT2D eigenvalue weighted by molar-refractivity contribution is -0.114. The molecular formula is C19H25N3O3S. The second kappa shape index (κ2) is 9.24. The van der Waals surface area contributed by atoms with Gasteiger partial charge in [0, 0.05) is 30.5 Å². The van der Waals surface area contributed by atoms with E-state index in [0.717, 1.165) is 18.7 Å². The average molecular weight is 375 g/mol. The molecule has 0 aliphatic rings. The maximum atomic E-state index is 12.4. The number of hydrogen-bond acceptors (Lipinski definition) is 4. The van der Waals surface area contributed by atoms with Gasteiger partial charge in [-0.1, -0.05) is 19.8 Å². The molecule has 1 amide bonds. The molecule has 0 saturated carbocycles. The molecule has 2 aromatic carbocycles. The van der Waals surface area contributed by atoms with E-state index in [2.05, 4.69) is 22.3 Å². The maximum Gasteiger partial charge on any atom is 0.261 e. The molecule has 0 saturated heterocycles. The zero-order valence-corrected chi connectivity index (χ0v) is 15.9. The summed E-state index contributed by atoms with van der Waals surface area (Å²) in [5, 5.41) is 5.91. The minimum absolute atomic E-state index is 0.133. The lowest BCUT2D eigenvalue weighted by Gasteiger charge is -2.10. The number of amides is 1. The smallest absolute Gasteiger partial charge is 0.261 e. The molecule has 2 aromatic rings. The van der Waals surface area contributed by atoms with Crippen LogP contribution in [0.5, 0.6) is 0 Å². The van der Waals surface area contributed by atoms with Crippen molar-refractivity contribution in [1.29, 1.82) is 0 Å². The van der Waals surface area contributed by atoms with Crippen LogP contribution in [0.4, 0.5) is 17.1 Å². The summed E-state index contributed by atoms with van der Waals surface area (Å²) in [6.45, 7) is 4.46. The third-order valence-electron chi connectivity index (χ3n) is 3.73. The van der Waals surface area contributed by atoms with Gasteiger partial charge in [0.05, 0.1) is 4.90 Å². The van der Waals surface area contributed by atoms with Crippen LogP contribution < -0.4 is 15.4 Å². The largest absolute Gasteiger partial charge is 0.385 e. The molecule has 3 N–H and O–H groups in total. The minimum Gasteiger partial charge on any atom is -0.385 e. The number of hydrogen-bond donors (Lipinski definition) is 3. The van der Waals surface area contributed by atoms with Gasteiger partial charge in [0.25, 0.3) is 10.0 Å². The molecule has 0 bridgehead atoms. The summed E-state index contributed by atoms with van der Waals surface area (Å²) in [5.74, 6) is -0.206. The summed E-state index contributed by atoms with van der Waals surface area (Å²) in [4.78, 5) is 11.1. The van der Waals surface area contributed by atoms with Crippen molar-refractivity contribution < 1.29 is 13.2 Å². The second-order valence-electron chi connectivity index (χ2n) is 6.02. The molecule has 2 rings (SSSR count). The molecule has 0 aliphatic carbocycles. The molecule has 0 atom stereocenters. The molecule has 26 heavy (non-hydrogen) atoms. The number of anilines is 3. The standard InChI is InChI=1S/C19H25N3O3S/c1-3-4-5-14-20-16-6-8-18(9-7-16)22-26(24,25)19-12-10-17(11-13-19)21-15(2)23/h6-13,20,22H,3-5,14H2,1-2H3,(H,21,23). The Labute approximate surface area is 155 Å². The van der Waals surface area contributed by atoms with Crippen molar-refractivity contribution in [2.24, 2.45) is 0 Å². The van der Waals surface area contributed by atoms with Gasteiger partial charge >= 0.3 is 0 Å². The Kier molecular flexibility index (Phi) is 7.03. The third kappa shape index (κ3) is 6.07. The molecule has 7 heteroatoms. The van der Waals surface area contributed by atoms with Gasteiger partial charge in [-0.25, -0.2) is 8.42 Å². The number of nitrogens with one attached hydrogen (secondary N) is 3. The van der Waals surface area contributed by atoms with Gasteiger partial charge in [-0.05, 0) is 55.0 Å². The fraction of sp³-hybridized carbons (Fsp3) is 0.316. The molecule has 0 aromatic heterocycles. The van der Waals surface area contributed by atoms with E-state index in [9.17, 15) is 13.2 Å². The predicted molar refractivity (Wildman–Crippen MR) is 106 cm³/mol. The highest BCUT2D eigenvalue weighted by molar-refractivity contribution is 7.92. The number of carbonyl (C=O) groups excluding carboxylic acids is 1. The van der Waals surface area contributed by atoms with Crippen LogP contribution in [0.2, 0.25) is 0 Å². The Bertz CT molecular complexity index is 816. The molecule has 0 fully saturated rings. The van der Waals surface area contributed by atoms with E-state index in [1.807, 2.05) is 12.1 Å². The summed E-state index contributed by atoms with van der Waals surface area (Å²) in [6.07, 6.45) is 3.47. The summed E-state index contributed by atoms with van der Waals surface area (Å²) in [5.41, 5.74) is 2.01. The van der Waals surface area contributed by atoms with Crippen LogP contribution in [0.15, 0.2) is 53.4 Å². The van der Waals surface area contributed by atoms with Crippen LogP contribution in [0.3, 0.4) is 0 Å². The lowest BCUT2D eigenvalue weighted by Crippen LogP contribution is -2.13. The second-order valence-corrected chi connectivity index (χ2v) is 7.70. The van der Waals surface area contributed by atoms with Gasteiger partial charge in [0.1, 0.15) is 0 Å². The first kappa shape index (κ1) is 19.8. The van der Waals surface area contributed by atoms with Gasteiger partial charge in [-0.3, -0.25) is 9.52 Å². The van der Waals surface area contributed by atoms with E-state index < -0.39 is 10.0 Å². The van der Waals surface area contributed by atoms with E-state index in [1.54, 1.807) is 24.3 Å². The average Bonchev–Trinajstić information content (AvgIpc) is 2.60. The summed E-state index contributed by atoms with van der Waals surface area (Å²) >= 11 is 0. The fourth-order valence-corrected chi connectivity index (χ4v) is 3.46. The van der Waals surface area contributed by atoms with Crippen molar-refractivity contribution in [3.8, 4) is 0 Å². The fourth-order valence-electron chi connectivity index (χ4n) is 2.40. The van der Waals surface area contributed by atoms with Crippen LogP contribution >= 0.6 is 0 Å². The van der Waals surface area contributed by atoms with Gasteiger partial charge in [0.2, 0.25) is 5.91 Å². The highest BCUT2D eigenvalue weighted by Gasteiger charge is 2.14. The molecule has 0 radical (unpaired) electrons. The Hall–Kier alpha value is -2.54. The quantitative estimate of drug-likeness (QED) is 0.577. The molecule has 0 spiro atoms. The van der Waals surface area contributed by atoms with E-state index in [1.165, 1.54) is 31.9 Å². The van der Waals surface area contributed by atoms with Crippen molar-refractivity contribution >= 4 is 33.0 Å². The number of unbranched alkanes of at least 4 members (excludes halogenated alkanes) is 2. The lowest BCUT2D eigenvalue weighted by atomic mass is 10.2. The summed E-state index contributed by atoms with van der Waals surface area (Å²) in [6, 6.07) is 13.2. The number of carbonyl (C=O) groups is 1. The van der Waals surface area contributed by atoms with Crippen molar-refractivity contribution in [3.63, 3.8) is 0 Å². The summed E-state index contributed by atoms with van der Waals surface area (Å²) < 4.78 is 27.5. The van der Waals surface area contributed by atoms with Crippen molar-refractivity contribution in [3.05, 3.63) is 48.5 Å². The molecule has 140 valence electrons. The van der Waals surface area contributed by atoms with Crippen LogP contribution in [0.1, 0.15) is 33.1 Å². The monoisotopic (exact) mass is 375 g/mol. The summed E-state index contributed by atoms with van der Waals surface area (Å²) in [7, 11) is -3.68. The zero-order chi connectivity index (χ0) is 19.0. The van der Waals surface area contributed by atoms with Crippen LogP contribution in [0, 0.1) is 0 Å².